The van der Waals surface area contributed by atoms with Crippen LogP contribution in [-0.2, 0) is 10.4 Å². The summed E-state index contributed by atoms with van der Waals surface area (Å²) in [4.78, 5) is 4.80. The number of aliphatic imine (C=N–C) groups is 1. The third-order valence-electron chi connectivity index (χ3n) is 4.40. The van der Waals surface area contributed by atoms with Gasteiger partial charge in [0.15, 0.2) is 5.84 Å². The molecule has 1 heterocycles. The zero-order valence-corrected chi connectivity index (χ0v) is 19.6. The van der Waals surface area contributed by atoms with Crippen LogP contribution in [0.15, 0.2) is 95.0 Å². The van der Waals surface area contributed by atoms with E-state index in [1.807, 2.05) is 86.6 Å². The molecule has 0 atom stereocenters. The van der Waals surface area contributed by atoms with Crippen molar-refractivity contribution in [2.75, 3.05) is 0 Å². The van der Waals surface area contributed by atoms with E-state index in [-0.39, 0.29) is 6.10 Å². The van der Waals surface area contributed by atoms with Crippen molar-refractivity contribution in [3.8, 4) is 5.75 Å². The molecule has 0 bridgehead atoms. The molecule has 5 nitrogen and oxygen atoms in total. The second-order valence-corrected chi connectivity index (χ2v) is 9.49. The molecule has 0 saturated carbocycles. The summed E-state index contributed by atoms with van der Waals surface area (Å²) >= 11 is 3.09. The molecule has 0 saturated heterocycles. The molecule has 8 heteroatoms. The summed E-state index contributed by atoms with van der Waals surface area (Å²) in [6.07, 6.45) is -0.526. The Hall–Kier alpha value is -2.68. The zero-order valence-electron chi connectivity index (χ0n) is 18.0. The quantitative estimate of drug-likeness (QED) is 0.466. The number of benzene rings is 3. The third kappa shape index (κ3) is 6.42. The number of fused-ring (bicyclic) bond motifs is 1. The van der Waals surface area contributed by atoms with E-state index in [0.29, 0.717) is 11.6 Å². The predicted molar refractivity (Wildman–Crippen MR) is 138 cm³/mol. The third-order valence-corrected chi connectivity index (χ3v) is 6.55. The average molecular weight is 461 g/mol. The molecule has 0 aliphatic carbocycles. The summed E-state index contributed by atoms with van der Waals surface area (Å²) in [6.45, 7) is 3.99. The summed E-state index contributed by atoms with van der Waals surface area (Å²) in [5.41, 5.74) is 6.07. The number of thioether (sulfide) groups is 1. The van der Waals surface area contributed by atoms with Gasteiger partial charge in [-0.25, -0.2) is 4.99 Å². The van der Waals surface area contributed by atoms with Crippen molar-refractivity contribution in [2.45, 2.75) is 25.7 Å². The van der Waals surface area contributed by atoms with Gasteiger partial charge in [-0.1, -0.05) is 84.0 Å². The Morgan fingerprint density at radius 1 is 1.00 bits per heavy atom. The van der Waals surface area contributed by atoms with E-state index in [4.69, 9.17) is 19.4 Å². The van der Waals surface area contributed by atoms with Crippen LogP contribution in [0, 0.1) is 0 Å². The predicted octanol–water partition coefficient (Wildman–Crippen LogP) is 6.09. The maximum absolute atomic E-state index is 6.30. The van der Waals surface area contributed by atoms with E-state index in [9.17, 15) is 0 Å². The fourth-order valence-electron chi connectivity index (χ4n) is 2.94. The highest BCUT2D eigenvalue weighted by molar-refractivity contribution is 8.49. The van der Waals surface area contributed by atoms with E-state index in [0.717, 1.165) is 21.4 Å². The Labute approximate surface area is 197 Å². The molecule has 0 amide bonds. The molecule has 32 heavy (non-hydrogen) atoms. The molecule has 3 aromatic carbocycles. The van der Waals surface area contributed by atoms with E-state index < -0.39 is 6.40 Å². The number of hydrazone groups is 1. The van der Waals surface area contributed by atoms with Gasteiger partial charge in [-0.05, 0) is 43.7 Å². The minimum absolute atomic E-state index is 0.00574. The van der Waals surface area contributed by atoms with Crippen molar-refractivity contribution in [1.29, 1.82) is 0 Å². The van der Waals surface area contributed by atoms with Crippen molar-refractivity contribution in [2.24, 2.45) is 10.1 Å². The Morgan fingerprint density at radius 3 is 2.44 bits per heavy atom. The van der Waals surface area contributed by atoms with E-state index in [2.05, 4.69) is 17.6 Å². The van der Waals surface area contributed by atoms with Crippen LogP contribution in [-0.4, -0.2) is 22.7 Å². The largest absolute Gasteiger partial charge is 0.608 e. The summed E-state index contributed by atoms with van der Waals surface area (Å²) in [6, 6.07) is 27.9. The highest BCUT2D eigenvalue weighted by Crippen LogP contribution is 2.30. The first-order valence-electron chi connectivity index (χ1n) is 10.4. The van der Waals surface area contributed by atoms with Crippen molar-refractivity contribution in [3.05, 3.63) is 96.1 Å². The Balaban J connectivity index is 1.67. The zero-order chi connectivity index (χ0) is 22.2. The summed E-state index contributed by atoms with van der Waals surface area (Å²) in [7, 11) is 0. The van der Waals surface area contributed by atoms with Crippen LogP contribution in [0.1, 0.15) is 25.0 Å². The van der Waals surface area contributed by atoms with Crippen molar-refractivity contribution >= 4 is 45.7 Å². The Bertz CT molecular complexity index is 1080. The molecule has 1 aliphatic rings. The van der Waals surface area contributed by atoms with Gasteiger partial charge in [0, 0.05) is 11.9 Å². The number of nitrogens with one attached hydrogen (secondary N) is 1. The first-order valence-corrected chi connectivity index (χ1v) is 12.3. The van der Waals surface area contributed by atoms with Crippen LogP contribution in [0.4, 0.5) is 5.69 Å². The lowest BCUT2D eigenvalue weighted by Gasteiger charge is -2.18. The first kappa shape index (κ1) is 22.5. The second kappa shape index (κ2) is 11.3. The number of hydrogen-bond donors (Lipinski definition) is 1. The van der Waals surface area contributed by atoms with Crippen LogP contribution in [0.2, 0.25) is 0 Å². The Kier molecular flexibility index (Phi) is 7.93. The summed E-state index contributed by atoms with van der Waals surface area (Å²) in [5, 5.41) is 4.69. The molecule has 162 valence electrons. The van der Waals surface area contributed by atoms with Crippen LogP contribution in [0.3, 0.4) is 0 Å². The average Bonchev–Trinajstić information content (AvgIpc) is 2.87. The van der Waals surface area contributed by atoms with Gasteiger partial charge in [0.05, 0.1) is 11.3 Å². The lowest BCUT2D eigenvalue weighted by atomic mass is 10.1. The summed E-state index contributed by atoms with van der Waals surface area (Å²) < 4.78 is 13.2. The maximum atomic E-state index is 6.30. The molecule has 4 rings (SSSR count). The van der Waals surface area contributed by atoms with E-state index in [1.165, 1.54) is 17.2 Å². The van der Waals surface area contributed by atoms with Crippen molar-refractivity contribution in [3.63, 3.8) is 0 Å². The van der Waals surface area contributed by atoms with Crippen molar-refractivity contribution < 1.29 is 9.31 Å². The van der Waals surface area contributed by atoms with Crippen molar-refractivity contribution in [1.82, 2.24) is 5.43 Å². The van der Waals surface area contributed by atoms with Gasteiger partial charge < -0.3 is 9.31 Å². The number of rotatable bonds is 5. The molecule has 0 unspecified atom stereocenters. The SMILES string of the molecule is CC(C)OB1Oc2ccccc2C(=Nc2ccccc2)N/N=C(/SCc2ccccc2)S1. The van der Waals surface area contributed by atoms with E-state index >= 15 is 0 Å². The molecule has 0 radical (unpaired) electrons. The minimum Gasteiger partial charge on any atom is -0.526 e. The molecule has 1 aliphatic heterocycles. The normalized spacial score (nSPS) is 16.8. The Morgan fingerprint density at radius 2 is 1.69 bits per heavy atom. The summed E-state index contributed by atoms with van der Waals surface area (Å²) in [5.74, 6) is 2.11. The lowest BCUT2D eigenvalue weighted by Crippen LogP contribution is -2.28. The fraction of sp³-hybridized carbons (Fsp3) is 0.167. The van der Waals surface area contributed by atoms with Gasteiger partial charge in [-0.2, -0.15) is 5.10 Å². The molecule has 0 fully saturated rings. The lowest BCUT2D eigenvalue weighted by molar-refractivity contribution is 0.217. The monoisotopic (exact) mass is 461 g/mol. The van der Waals surface area contributed by atoms with Crippen LogP contribution >= 0.6 is 23.4 Å². The second-order valence-electron chi connectivity index (χ2n) is 7.27. The van der Waals surface area contributed by atoms with Gasteiger partial charge >= 0.3 is 6.40 Å². The van der Waals surface area contributed by atoms with Crippen LogP contribution in [0.5, 0.6) is 5.75 Å². The first-order chi connectivity index (χ1) is 15.7. The van der Waals surface area contributed by atoms with Gasteiger partial charge in [-0.15, -0.1) is 0 Å². The molecule has 1 N–H and O–H groups in total. The standard InChI is InChI=1S/C24H24BN3O2S2/c1-18(2)29-25-30-22-16-10-9-15-21(22)23(26-20-13-7-4-8-14-20)27-28-24(32-25)31-17-19-11-5-3-6-12-19/h3-16,18H,17H2,1-2H3,(H,26,27)/b28-24-. The number of hydrogen-bond acceptors (Lipinski definition) is 6. The van der Waals surface area contributed by atoms with Gasteiger partial charge in [0.1, 0.15) is 10.1 Å². The molecule has 0 aromatic heterocycles. The molecule has 0 spiro atoms. The fourth-order valence-corrected chi connectivity index (χ4v) is 4.91. The van der Waals surface area contributed by atoms with Gasteiger partial charge in [0.25, 0.3) is 0 Å². The van der Waals surface area contributed by atoms with E-state index in [1.54, 1.807) is 11.8 Å². The number of amidine groups is 1. The number of para-hydroxylation sites is 2. The maximum Gasteiger partial charge on any atom is 0.608 e. The minimum atomic E-state index is -0.531. The smallest absolute Gasteiger partial charge is 0.526 e. The highest BCUT2D eigenvalue weighted by Gasteiger charge is 2.30. The van der Waals surface area contributed by atoms with Gasteiger partial charge in [0.2, 0.25) is 0 Å². The molecular formula is C24H24BN3O2S2. The van der Waals surface area contributed by atoms with Gasteiger partial charge in [-0.3, -0.25) is 5.43 Å². The molecule has 3 aromatic rings. The molecular weight excluding hydrogens is 437 g/mol. The van der Waals surface area contributed by atoms with Crippen LogP contribution < -0.4 is 10.1 Å². The van der Waals surface area contributed by atoms with Crippen LogP contribution in [0.25, 0.3) is 0 Å². The highest BCUT2D eigenvalue weighted by atomic mass is 32.2. The number of nitrogens with zero attached hydrogens (tertiary/aromatic N) is 2. The topological polar surface area (TPSA) is 55.2 Å².